The van der Waals surface area contributed by atoms with Crippen molar-refractivity contribution in [3.8, 4) is 23.0 Å². The van der Waals surface area contributed by atoms with Gasteiger partial charge < -0.3 is 24.3 Å². The summed E-state index contributed by atoms with van der Waals surface area (Å²) in [6, 6.07) is 11.8. The van der Waals surface area contributed by atoms with E-state index in [0.29, 0.717) is 31.9 Å². The van der Waals surface area contributed by atoms with Crippen LogP contribution in [0.2, 0.25) is 0 Å². The molecule has 0 saturated heterocycles. The van der Waals surface area contributed by atoms with Gasteiger partial charge in [-0.2, -0.15) is 0 Å². The Kier molecular flexibility index (Phi) is 9.02. The lowest BCUT2D eigenvalue weighted by atomic mass is 10.1. The number of hydrogen-bond acceptors (Lipinski definition) is 8. The van der Waals surface area contributed by atoms with Crippen LogP contribution in [0.3, 0.4) is 0 Å². The molecule has 9 heteroatoms. The first-order chi connectivity index (χ1) is 17.6. The van der Waals surface area contributed by atoms with Gasteiger partial charge in [0.2, 0.25) is 6.79 Å². The summed E-state index contributed by atoms with van der Waals surface area (Å²) < 4.78 is 22.0. The third-order valence-electron chi connectivity index (χ3n) is 5.94. The number of fused-ring (bicyclic) bond motifs is 1. The van der Waals surface area contributed by atoms with Gasteiger partial charge in [0.15, 0.2) is 11.5 Å². The van der Waals surface area contributed by atoms with Gasteiger partial charge in [-0.25, -0.2) is 4.98 Å². The lowest BCUT2D eigenvalue weighted by Crippen LogP contribution is -2.25. The largest absolute Gasteiger partial charge is 0.497 e. The summed E-state index contributed by atoms with van der Waals surface area (Å²) in [7, 11) is 3.30. The highest BCUT2D eigenvalue weighted by atomic mass is 32.1. The van der Waals surface area contributed by atoms with Crippen LogP contribution >= 0.6 is 11.3 Å². The summed E-state index contributed by atoms with van der Waals surface area (Å²) in [5.41, 5.74) is 2.60. The number of nitrogens with one attached hydrogen (secondary N) is 1. The van der Waals surface area contributed by atoms with Crippen molar-refractivity contribution in [1.82, 2.24) is 15.2 Å². The smallest absolute Gasteiger partial charge is 0.270 e. The summed E-state index contributed by atoms with van der Waals surface area (Å²) in [5.74, 6) is 2.90. The highest BCUT2D eigenvalue weighted by Crippen LogP contribution is 2.33. The van der Waals surface area contributed by atoms with Gasteiger partial charge in [0.25, 0.3) is 5.91 Å². The first-order valence-electron chi connectivity index (χ1n) is 12.1. The summed E-state index contributed by atoms with van der Waals surface area (Å²) in [6.07, 6.45) is 3.20. The number of methoxy groups -OCH3 is 2. The minimum absolute atomic E-state index is 0.118. The Morgan fingerprint density at radius 3 is 2.72 bits per heavy atom. The number of thiazole rings is 1. The maximum absolute atomic E-state index is 12.5. The molecule has 192 valence electrons. The zero-order valence-corrected chi connectivity index (χ0v) is 21.9. The molecule has 0 spiro atoms. The quantitative estimate of drug-likeness (QED) is 0.323. The molecule has 0 radical (unpaired) electrons. The summed E-state index contributed by atoms with van der Waals surface area (Å²) in [5, 5.41) is 5.67. The number of rotatable bonds is 13. The van der Waals surface area contributed by atoms with Crippen molar-refractivity contribution in [3.05, 3.63) is 63.6 Å². The van der Waals surface area contributed by atoms with Crippen molar-refractivity contribution < 1.29 is 23.7 Å². The van der Waals surface area contributed by atoms with Gasteiger partial charge in [0.1, 0.15) is 22.2 Å². The van der Waals surface area contributed by atoms with Crippen LogP contribution in [-0.2, 0) is 19.6 Å². The Morgan fingerprint density at radius 2 is 1.92 bits per heavy atom. The molecular formula is C27H33N3O5S. The number of carbonyl (C=O) groups is 1. The molecule has 3 aromatic rings. The van der Waals surface area contributed by atoms with Crippen LogP contribution in [0.25, 0.3) is 0 Å². The summed E-state index contributed by atoms with van der Waals surface area (Å²) >= 11 is 1.50. The lowest BCUT2D eigenvalue weighted by molar-refractivity contribution is 0.0948. The Balaban J connectivity index is 1.50. The van der Waals surface area contributed by atoms with Crippen LogP contribution in [0.5, 0.6) is 23.0 Å². The van der Waals surface area contributed by atoms with Crippen LogP contribution in [0.15, 0.2) is 41.8 Å². The Morgan fingerprint density at radius 1 is 1.06 bits per heavy atom. The third-order valence-corrected chi connectivity index (χ3v) is 6.77. The van der Waals surface area contributed by atoms with Gasteiger partial charge in [0, 0.05) is 36.6 Å². The van der Waals surface area contributed by atoms with Crippen molar-refractivity contribution in [1.29, 1.82) is 0 Å². The molecule has 36 heavy (non-hydrogen) atoms. The van der Waals surface area contributed by atoms with E-state index in [1.165, 1.54) is 11.3 Å². The van der Waals surface area contributed by atoms with Crippen LogP contribution in [0.4, 0.5) is 0 Å². The molecule has 0 fully saturated rings. The number of ether oxygens (including phenoxy) is 4. The molecule has 1 amide bonds. The molecule has 0 bridgehead atoms. The number of aromatic nitrogens is 1. The van der Waals surface area contributed by atoms with E-state index in [4.69, 9.17) is 18.9 Å². The fourth-order valence-corrected chi connectivity index (χ4v) is 4.85. The predicted octanol–water partition coefficient (Wildman–Crippen LogP) is 5.01. The van der Waals surface area contributed by atoms with Crippen LogP contribution in [0, 0.1) is 0 Å². The minimum Gasteiger partial charge on any atom is -0.497 e. The first-order valence-corrected chi connectivity index (χ1v) is 13.0. The normalized spacial score (nSPS) is 12.1. The maximum Gasteiger partial charge on any atom is 0.270 e. The molecule has 2 aromatic carbocycles. The molecule has 0 atom stereocenters. The fourth-order valence-electron chi connectivity index (χ4n) is 4.04. The van der Waals surface area contributed by atoms with Crippen LogP contribution < -0.4 is 24.3 Å². The van der Waals surface area contributed by atoms with E-state index in [0.717, 1.165) is 58.4 Å². The number of hydrogen-bond donors (Lipinski definition) is 1. The van der Waals surface area contributed by atoms with E-state index in [1.807, 2.05) is 41.8 Å². The Labute approximate surface area is 216 Å². The molecule has 8 nitrogen and oxygen atoms in total. The topological polar surface area (TPSA) is 82.2 Å². The van der Waals surface area contributed by atoms with Gasteiger partial charge >= 0.3 is 0 Å². The van der Waals surface area contributed by atoms with Crippen molar-refractivity contribution in [2.45, 2.75) is 45.8 Å². The number of amides is 1. The second kappa shape index (κ2) is 12.6. The molecule has 2 heterocycles. The molecule has 0 aliphatic carbocycles. The second-order valence-corrected chi connectivity index (χ2v) is 9.54. The lowest BCUT2D eigenvalue weighted by Gasteiger charge is -2.23. The third kappa shape index (κ3) is 6.67. The van der Waals surface area contributed by atoms with Crippen LogP contribution in [-0.4, -0.2) is 43.3 Å². The highest BCUT2D eigenvalue weighted by Gasteiger charge is 2.18. The van der Waals surface area contributed by atoms with Gasteiger partial charge in [-0.15, -0.1) is 11.3 Å². The standard InChI is InChI=1S/C27H33N3O5S/c1-4-5-6-11-28-27(31)22-17-36-26(29-22)16-30(14-19-7-10-23-25(12-19)35-18-34-23)15-20-8-9-21(32-2)13-24(20)33-3/h7-10,12-13,17H,4-6,11,14-16,18H2,1-3H3,(H,28,31). The molecule has 0 saturated carbocycles. The fraction of sp³-hybridized carbons (Fsp3) is 0.407. The van der Waals surface area contributed by atoms with E-state index < -0.39 is 0 Å². The second-order valence-electron chi connectivity index (χ2n) is 8.60. The van der Waals surface area contributed by atoms with Gasteiger partial charge in [0.05, 0.1) is 20.8 Å². The van der Waals surface area contributed by atoms with Crippen molar-refractivity contribution in [2.24, 2.45) is 0 Å². The SMILES string of the molecule is CCCCCNC(=O)c1csc(CN(Cc2ccc3c(c2)OCO3)Cc2ccc(OC)cc2OC)n1. The van der Waals surface area contributed by atoms with Crippen LogP contribution in [0.1, 0.15) is 52.8 Å². The average Bonchev–Trinajstić information content (AvgIpc) is 3.56. The number of nitrogens with zero attached hydrogens (tertiary/aromatic N) is 2. The summed E-state index contributed by atoms with van der Waals surface area (Å²) in [4.78, 5) is 19.4. The molecule has 1 N–H and O–H groups in total. The van der Waals surface area contributed by atoms with Crippen molar-refractivity contribution >= 4 is 17.2 Å². The van der Waals surface area contributed by atoms with E-state index in [1.54, 1.807) is 14.2 Å². The van der Waals surface area contributed by atoms with E-state index in [2.05, 4.69) is 22.1 Å². The molecule has 4 rings (SSSR count). The number of carbonyl (C=O) groups excluding carboxylic acids is 1. The monoisotopic (exact) mass is 511 g/mol. The molecule has 1 aromatic heterocycles. The molecule has 0 unspecified atom stereocenters. The van der Waals surface area contributed by atoms with Crippen molar-refractivity contribution in [3.63, 3.8) is 0 Å². The average molecular weight is 512 g/mol. The van der Waals surface area contributed by atoms with E-state index >= 15 is 0 Å². The van der Waals surface area contributed by atoms with Gasteiger partial charge in [-0.05, 0) is 30.2 Å². The minimum atomic E-state index is -0.118. The molecule has 1 aliphatic rings. The summed E-state index contributed by atoms with van der Waals surface area (Å²) in [6.45, 7) is 4.92. The number of unbranched alkanes of at least 4 members (excludes halogenated alkanes) is 2. The maximum atomic E-state index is 12.5. The van der Waals surface area contributed by atoms with Gasteiger partial charge in [-0.1, -0.05) is 31.9 Å². The number of benzene rings is 2. The predicted molar refractivity (Wildman–Crippen MR) is 139 cm³/mol. The zero-order valence-electron chi connectivity index (χ0n) is 21.0. The Bertz CT molecular complexity index is 1170. The van der Waals surface area contributed by atoms with Gasteiger partial charge in [-0.3, -0.25) is 9.69 Å². The van der Waals surface area contributed by atoms with E-state index in [9.17, 15) is 4.79 Å². The van der Waals surface area contributed by atoms with E-state index in [-0.39, 0.29) is 12.7 Å². The highest BCUT2D eigenvalue weighted by molar-refractivity contribution is 7.09. The first kappa shape index (κ1) is 25.8. The molecule has 1 aliphatic heterocycles. The van der Waals surface area contributed by atoms with Crippen molar-refractivity contribution in [2.75, 3.05) is 27.6 Å². The molecular weight excluding hydrogens is 478 g/mol. The Hall–Kier alpha value is -3.30. The zero-order chi connectivity index (χ0) is 25.3.